The molecular formula is C15H18N2O4S. The number of hydrogen-bond acceptors (Lipinski definition) is 5. The highest BCUT2D eigenvalue weighted by Gasteiger charge is 2.32. The number of likely N-dealkylation sites (tertiary alicyclic amines) is 1. The van der Waals surface area contributed by atoms with Crippen molar-refractivity contribution >= 4 is 28.7 Å². The van der Waals surface area contributed by atoms with Crippen LogP contribution in [0.4, 0.5) is 0 Å². The molecule has 118 valence electrons. The minimum Gasteiger partial charge on any atom is -0.459 e. The lowest BCUT2D eigenvalue weighted by Crippen LogP contribution is -2.46. The van der Waals surface area contributed by atoms with Crippen molar-refractivity contribution in [2.75, 3.05) is 18.8 Å². The molecule has 3 rings (SSSR count). The van der Waals surface area contributed by atoms with Gasteiger partial charge in [-0.3, -0.25) is 14.4 Å². The first kappa shape index (κ1) is 15.1. The summed E-state index contributed by atoms with van der Waals surface area (Å²) < 4.78 is 5.11. The van der Waals surface area contributed by atoms with Crippen molar-refractivity contribution in [2.45, 2.75) is 25.3 Å². The zero-order valence-corrected chi connectivity index (χ0v) is 12.9. The summed E-state index contributed by atoms with van der Waals surface area (Å²) in [5.74, 6) is 0.785. The van der Waals surface area contributed by atoms with Gasteiger partial charge in [0, 0.05) is 24.8 Å². The van der Waals surface area contributed by atoms with Crippen molar-refractivity contribution in [1.82, 2.24) is 10.2 Å². The van der Waals surface area contributed by atoms with Gasteiger partial charge in [-0.2, -0.15) is 0 Å². The Balaban J connectivity index is 1.50. The fourth-order valence-electron chi connectivity index (χ4n) is 2.82. The van der Waals surface area contributed by atoms with E-state index >= 15 is 0 Å². The third kappa shape index (κ3) is 3.19. The first-order valence-corrected chi connectivity index (χ1v) is 8.43. The van der Waals surface area contributed by atoms with E-state index < -0.39 is 0 Å². The number of piperidine rings is 1. The van der Waals surface area contributed by atoms with Crippen molar-refractivity contribution in [3.8, 4) is 0 Å². The number of nitrogens with one attached hydrogen (secondary N) is 1. The quantitative estimate of drug-likeness (QED) is 0.907. The Morgan fingerprint density at radius 1 is 1.27 bits per heavy atom. The zero-order valence-electron chi connectivity index (χ0n) is 12.1. The first-order chi connectivity index (χ1) is 10.6. The molecule has 22 heavy (non-hydrogen) atoms. The van der Waals surface area contributed by atoms with E-state index in [0.29, 0.717) is 38.1 Å². The first-order valence-electron chi connectivity index (χ1n) is 7.45. The van der Waals surface area contributed by atoms with Crippen molar-refractivity contribution in [1.29, 1.82) is 0 Å². The standard InChI is InChI=1S/C15H18N2O4S/c18-13(16-11-5-9-22-15(11)20)10-3-6-17(7-4-10)14(19)12-2-1-8-21-12/h1-2,8,10-11H,3-7,9H2,(H,16,18)/t11-/m1/s1. The molecule has 2 saturated heterocycles. The van der Waals surface area contributed by atoms with Crippen LogP contribution < -0.4 is 5.32 Å². The summed E-state index contributed by atoms with van der Waals surface area (Å²) in [6.45, 7) is 1.07. The summed E-state index contributed by atoms with van der Waals surface area (Å²) in [4.78, 5) is 37.6. The van der Waals surface area contributed by atoms with Gasteiger partial charge in [-0.1, -0.05) is 11.8 Å². The van der Waals surface area contributed by atoms with Gasteiger partial charge in [0.2, 0.25) is 11.0 Å². The molecule has 0 saturated carbocycles. The number of carbonyl (C=O) groups excluding carboxylic acids is 3. The molecule has 0 aliphatic carbocycles. The Hall–Kier alpha value is -1.76. The monoisotopic (exact) mass is 322 g/mol. The summed E-state index contributed by atoms with van der Waals surface area (Å²) in [7, 11) is 0. The average molecular weight is 322 g/mol. The molecular weight excluding hydrogens is 304 g/mol. The Morgan fingerprint density at radius 2 is 2.05 bits per heavy atom. The van der Waals surface area contributed by atoms with Crippen molar-refractivity contribution in [3.05, 3.63) is 24.2 Å². The maximum Gasteiger partial charge on any atom is 0.289 e. The van der Waals surface area contributed by atoms with Crippen LogP contribution in [0.2, 0.25) is 0 Å². The molecule has 1 atom stereocenters. The molecule has 6 nitrogen and oxygen atoms in total. The lowest BCUT2D eigenvalue weighted by Gasteiger charge is -2.31. The number of hydrogen-bond donors (Lipinski definition) is 1. The van der Waals surface area contributed by atoms with Crippen LogP contribution in [0, 0.1) is 5.92 Å². The third-order valence-electron chi connectivity index (χ3n) is 4.14. The van der Waals surface area contributed by atoms with Crippen LogP contribution >= 0.6 is 11.8 Å². The molecule has 0 aromatic carbocycles. The lowest BCUT2D eigenvalue weighted by molar-refractivity contribution is -0.129. The molecule has 0 unspecified atom stereocenters. The third-order valence-corrected chi connectivity index (χ3v) is 5.15. The Bertz CT molecular complexity index is 564. The van der Waals surface area contributed by atoms with Crippen molar-refractivity contribution in [3.63, 3.8) is 0 Å². The molecule has 1 aromatic rings. The van der Waals surface area contributed by atoms with Gasteiger partial charge < -0.3 is 14.6 Å². The topological polar surface area (TPSA) is 79.6 Å². The van der Waals surface area contributed by atoms with Crippen LogP contribution in [0.3, 0.4) is 0 Å². The highest BCUT2D eigenvalue weighted by Crippen LogP contribution is 2.23. The molecule has 0 radical (unpaired) electrons. The highest BCUT2D eigenvalue weighted by atomic mass is 32.2. The van der Waals surface area contributed by atoms with Gasteiger partial charge in [-0.05, 0) is 31.4 Å². The van der Waals surface area contributed by atoms with Crippen LogP contribution in [0.1, 0.15) is 29.8 Å². The van der Waals surface area contributed by atoms with Crippen molar-refractivity contribution < 1.29 is 18.8 Å². The van der Waals surface area contributed by atoms with E-state index in [2.05, 4.69) is 5.32 Å². The van der Waals surface area contributed by atoms with Gasteiger partial charge in [-0.15, -0.1) is 0 Å². The van der Waals surface area contributed by atoms with Crippen LogP contribution in [-0.2, 0) is 9.59 Å². The number of carbonyl (C=O) groups is 3. The van der Waals surface area contributed by atoms with Gasteiger partial charge in [0.15, 0.2) is 5.76 Å². The van der Waals surface area contributed by atoms with E-state index in [9.17, 15) is 14.4 Å². The number of thioether (sulfide) groups is 1. The van der Waals surface area contributed by atoms with E-state index in [1.807, 2.05) is 0 Å². The molecule has 7 heteroatoms. The average Bonchev–Trinajstić information content (AvgIpc) is 3.19. The van der Waals surface area contributed by atoms with Gasteiger partial charge in [0.05, 0.1) is 12.3 Å². The normalized spacial score (nSPS) is 22.8. The minimum atomic E-state index is -0.333. The molecule has 2 amide bonds. The predicted molar refractivity (Wildman–Crippen MR) is 81.3 cm³/mol. The molecule has 0 bridgehead atoms. The summed E-state index contributed by atoms with van der Waals surface area (Å²) >= 11 is 1.28. The van der Waals surface area contributed by atoms with E-state index in [4.69, 9.17) is 4.42 Å². The molecule has 3 heterocycles. The van der Waals surface area contributed by atoms with E-state index in [1.165, 1.54) is 18.0 Å². The van der Waals surface area contributed by atoms with Crippen LogP contribution in [0.15, 0.2) is 22.8 Å². The van der Waals surface area contributed by atoms with Crippen LogP contribution in [0.25, 0.3) is 0 Å². The van der Waals surface area contributed by atoms with Crippen LogP contribution in [0.5, 0.6) is 0 Å². The summed E-state index contributed by atoms with van der Waals surface area (Å²) in [5.41, 5.74) is 0. The second-order valence-electron chi connectivity index (χ2n) is 5.56. The second kappa shape index (κ2) is 6.56. The maximum absolute atomic E-state index is 12.2. The summed E-state index contributed by atoms with van der Waals surface area (Å²) in [6.07, 6.45) is 3.42. The van der Waals surface area contributed by atoms with Gasteiger partial charge in [-0.25, -0.2) is 0 Å². The Kier molecular flexibility index (Phi) is 4.52. The largest absolute Gasteiger partial charge is 0.459 e. The predicted octanol–water partition coefficient (Wildman–Crippen LogP) is 1.28. The van der Waals surface area contributed by atoms with Gasteiger partial charge in [0.1, 0.15) is 0 Å². The summed E-state index contributed by atoms with van der Waals surface area (Å²) in [5, 5.41) is 2.89. The smallest absolute Gasteiger partial charge is 0.289 e. The van der Waals surface area contributed by atoms with E-state index in [1.54, 1.807) is 17.0 Å². The van der Waals surface area contributed by atoms with Crippen LogP contribution in [-0.4, -0.2) is 46.7 Å². The number of furan rings is 1. The van der Waals surface area contributed by atoms with Gasteiger partial charge in [0.25, 0.3) is 5.91 Å². The molecule has 1 N–H and O–H groups in total. The fraction of sp³-hybridized carbons (Fsp3) is 0.533. The Labute approximate surface area is 132 Å². The van der Waals surface area contributed by atoms with Crippen molar-refractivity contribution in [2.24, 2.45) is 5.92 Å². The second-order valence-corrected chi connectivity index (χ2v) is 6.66. The fourth-order valence-corrected chi connectivity index (χ4v) is 3.75. The van der Waals surface area contributed by atoms with E-state index in [-0.39, 0.29) is 28.9 Å². The maximum atomic E-state index is 12.2. The lowest BCUT2D eigenvalue weighted by atomic mass is 9.95. The number of nitrogens with zero attached hydrogens (tertiary/aromatic N) is 1. The Morgan fingerprint density at radius 3 is 2.64 bits per heavy atom. The minimum absolute atomic E-state index is 0.0544. The number of amides is 2. The molecule has 2 aliphatic heterocycles. The molecule has 0 spiro atoms. The molecule has 2 fully saturated rings. The highest BCUT2D eigenvalue weighted by molar-refractivity contribution is 8.14. The molecule has 2 aliphatic rings. The van der Waals surface area contributed by atoms with Gasteiger partial charge >= 0.3 is 0 Å². The SMILES string of the molecule is O=C(N[C@@H]1CCSC1=O)C1CCN(C(=O)c2ccco2)CC1. The zero-order chi connectivity index (χ0) is 15.5. The molecule has 1 aromatic heterocycles. The van der Waals surface area contributed by atoms with E-state index in [0.717, 1.165) is 5.75 Å². The summed E-state index contributed by atoms with van der Waals surface area (Å²) in [6, 6.07) is 2.99. The number of rotatable bonds is 3.